The fraction of sp³-hybridized carbons (Fsp3) is 0.280. The maximum atomic E-state index is 10.7. The van der Waals surface area contributed by atoms with Crippen molar-refractivity contribution >= 4 is 24.1 Å². The fourth-order valence-corrected chi connectivity index (χ4v) is 2.93. The molecule has 3 N–H and O–H groups in total. The van der Waals surface area contributed by atoms with Crippen LogP contribution in [-0.4, -0.2) is 47.6 Å². The zero-order valence-corrected chi connectivity index (χ0v) is 18.4. The first-order valence-corrected chi connectivity index (χ1v) is 10.4. The Morgan fingerprint density at radius 1 is 0.788 bits per heavy atom. The number of aliphatic hydroxyl groups is 1. The Balaban J connectivity index is 1.80. The van der Waals surface area contributed by atoms with Crippen LogP contribution in [-0.2, 0) is 16.2 Å². The van der Waals surface area contributed by atoms with Crippen LogP contribution in [0.1, 0.15) is 36.0 Å². The molecule has 0 saturated heterocycles. The van der Waals surface area contributed by atoms with E-state index in [9.17, 15) is 14.7 Å². The molecule has 0 saturated carbocycles. The summed E-state index contributed by atoms with van der Waals surface area (Å²) in [7, 11) is 1.54. The van der Waals surface area contributed by atoms with Crippen LogP contribution >= 0.6 is 0 Å². The lowest BCUT2D eigenvalue weighted by Crippen LogP contribution is -2.03. The molecule has 33 heavy (non-hydrogen) atoms. The molecule has 0 aliphatic rings. The summed E-state index contributed by atoms with van der Waals surface area (Å²) in [6.07, 6.45) is 7.44. The summed E-state index contributed by atoms with van der Waals surface area (Å²) in [5, 5.41) is 27.0. The topological polar surface area (TPSA) is 123 Å². The fourth-order valence-electron chi connectivity index (χ4n) is 2.93. The van der Waals surface area contributed by atoms with Crippen molar-refractivity contribution in [3.05, 3.63) is 65.2 Å². The number of unbranched alkanes of at least 4 members (excludes halogenated alkanes) is 2. The van der Waals surface area contributed by atoms with Crippen molar-refractivity contribution in [1.82, 2.24) is 0 Å². The van der Waals surface area contributed by atoms with E-state index in [1.54, 1.807) is 43.5 Å². The Labute approximate surface area is 192 Å². The molecule has 0 bridgehead atoms. The molecule has 0 fully saturated rings. The third-order valence-corrected chi connectivity index (χ3v) is 4.59. The number of aliphatic hydroxyl groups excluding tert-OH is 1. The summed E-state index contributed by atoms with van der Waals surface area (Å²) in [6, 6.07) is 10.3. The van der Waals surface area contributed by atoms with Crippen LogP contribution in [0.4, 0.5) is 0 Å². The van der Waals surface area contributed by atoms with Gasteiger partial charge in [-0.15, -0.1) is 0 Å². The molecular formula is C25H28O8. The molecule has 0 amide bonds. The molecule has 8 heteroatoms. The summed E-state index contributed by atoms with van der Waals surface area (Å²) in [6.45, 7) is 0.729. The maximum absolute atomic E-state index is 10.7. The van der Waals surface area contributed by atoms with E-state index in [0.717, 1.165) is 31.4 Å². The minimum Gasteiger partial charge on any atom is -0.493 e. The number of ether oxygens (including phenoxy) is 3. The normalized spacial score (nSPS) is 11.1. The third kappa shape index (κ3) is 9.08. The number of hydrogen-bond acceptors (Lipinski definition) is 6. The van der Waals surface area contributed by atoms with E-state index < -0.39 is 11.9 Å². The molecule has 2 aromatic rings. The van der Waals surface area contributed by atoms with Crippen LogP contribution in [0.15, 0.2) is 48.6 Å². The highest BCUT2D eigenvalue weighted by molar-refractivity contribution is 5.85. The van der Waals surface area contributed by atoms with Gasteiger partial charge in [-0.1, -0.05) is 18.2 Å². The van der Waals surface area contributed by atoms with Crippen molar-refractivity contribution in [1.29, 1.82) is 0 Å². The molecule has 0 unspecified atom stereocenters. The lowest BCUT2D eigenvalue weighted by atomic mass is 10.1. The van der Waals surface area contributed by atoms with Gasteiger partial charge in [0, 0.05) is 17.7 Å². The summed E-state index contributed by atoms with van der Waals surface area (Å²) in [5.74, 6) is -0.423. The Morgan fingerprint density at radius 3 is 1.88 bits per heavy atom. The molecule has 8 nitrogen and oxygen atoms in total. The second-order valence-corrected chi connectivity index (χ2v) is 7.04. The quantitative estimate of drug-likeness (QED) is 0.288. The second kappa shape index (κ2) is 13.6. The first-order chi connectivity index (χ1) is 15.9. The van der Waals surface area contributed by atoms with Crippen LogP contribution < -0.4 is 14.2 Å². The highest BCUT2D eigenvalue weighted by atomic mass is 16.5. The predicted molar refractivity (Wildman–Crippen MR) is 124 cm³/mol. The zero-order valence-electron chi connectivity index (χ0n) is 18.4. The van der Waals surface area contributed by atoms with E-state index in [-0.39, 0.29) is 6.61 Å². The van der Waals surface area contributed by atoms with E-state index in [0.29, 0.717) is 47.2 Å². The summed E-state index contributed by atoms with van der Waals surface area (Å²) >= 11 is 0. The van der Waals surface area contributed by atoms with Crippen LogP contribution in [0.5, 0.6) is 17.2 Å². The summed E-state index contributed by atoms with van der Waals surface area (Å²) < 4.78 is 16.9. The van der Waals surface area contributed by atoms with Gasteiger partial charge in [-0.05, 0) is 60.7 Å². The SMILES string of the molecule is COc1ccc(/C=C/C(=O)O)cc1OCCCCCOc1cc(/C=C/C(=O)O)ccc1CO. The van der Waals surface area contributed by atoms with E-state index >= 15 is 0 Å². The van der Waals surface area contributed by atoms with E-state index in [4.69, 9.17) is 24.4 Å². The number of carboxylic acids is 2. The minimum absolute atomic E-state index is 0.172. The Bertz CT molecular complexity index is 914. The van der Waals surface area contributed by atoms with E-state index in [2.05, 4.69) is 0 Å². The average molecular weight is 456 g/mol. The number of aliphatic carboxylic acids is 2. The van der Waals surface area contributed by atoms with Gasteiger partial charge >= 0.3 is 11.9 Å². The highest BCUT2D eigenvalue weighted by Crippen LogP contribution is 2.29. The second-order valence-electron chi connectivity index (χ2n) is 7.04. The third-order valence-electron chi connectivity index (χ3n) is 4.59. The Kier molecular flexibility index (Phi) is 10.5. The van der Waals surface area contributed by atoms with Gasteiger partial charge in [0.2, 0.25) is 0 Å². The van der Waals surface area contributed by atoms with Crippen molar-refractivity contribution in [2.24, 2.45) is 0 Å². The molecule has 0 aromatic heterocycles. The maximum Gasteiger partial charge on any atom is 0.328 e. The number of hydrogen-bond donors (Lipinski definition) is 3. The molecule has 0 heterocycles. The molecule has 2 aromatic carbocycles. The Morgan fingerprint density at radius 2 is 1.33 bits per heavy atom. The molecule has 0 spiro atoms. The van der Waals surface area contributed by atoms with Gasteiger partial charge in [0.25, 0.3) is 0 Å². The summed E-state index contributed by atoms with van der Waals surface area (Å²) in [5.41, 5.74) is 2.00. The van der Waals surface area contributed by atoms with Crippen molar-refractivity contribution in [2.45, 2.75) is 25.9 Å². The molecular weight excluding hydrogens is 428 g/mol. The molecule has 176 valence electrons. The van der Waals surface area contributed by atoms with Gasteiger partial charge in [-0.25, -0.2) is 9.59 Å². The standard InChI is InChI=1S/C25H28O8/c1-31-21-10-6-19(8-12-25(29)30)16-23(21)33-14-4-2-3-13-32-22-15-18(7-11-24(27)28)5-9-20(22)17-26/h5-12,15-16,26H,2-4,13-14,17H2,1H3,(H,27,28)(H,29,30)/b11-7+,12-8+. The number of carbonyl (C=O) groups is 2. The number of carboxylic acid groups (broad SMARTS) is 2. The lowest BCUT2D eigenvalue weighted by molar-refractivity contribution is -0.132. The predicted octanol–water partition coefficient (Wildman–Crippen LogP) is 4.01. The number of rotatable bonds is 14. The first-order valence-electron chi connectivity index (χ1n) is 10.4. The largest absolute Gasteiger partial charge is 0.493 e. The number of methoxy groups -OCH3 is 1. The van der Waals surface area contributed by atoms with Crippen molar-refractivity contribution in [3.8, 4) is 17.2 Å². The van der Waals surface area contributed by atoms with Gasteiger partial charge in [0.1, 0.15) is 5.75 Å². The van der Waals surface area contributed by atoms with Gasteiger partial charge in [0.05, 0.1) is 26.9 Å². The highest BCUT2D eigenvalue weighted by Gasteiger charge is 2.06. The molecule has 0 atom stereocenters. The molecule has 0 aliphatic heterocycles. The molecule has 0 radical (unpaired) electrons. The van der Waals surface area contributed by atoms with Crippen molar-refractivity contribution in [3.63, 3.8) is 0 Å². The monoisotopic (exact) mass is 456 g/mol. The smallest absolute Gasteiger partial charge is 0.328 e. The van der Waals surface area contributed by atoms with Crippen molar-refractivity contribution in [2.75, 3.05) is 20.3 Å². The Hall–Kier alpha value is -3.78. The number of benzene rings is 2. The average Bonchev–Trinajstić information content (AvgIpc) is 2.80. The van der Waals surface area contributed by atoms with Crippen molar-refractivity contribution < 1.29 is 39.1 Å². The van der Waals surface area contributed by atoms with Crippen LogP contribution in [0.25, 0.3) is 12.2 Å². The van der Waals surface area contributed by atoms with Gasteiger partial charge in [0.15, 0.2) is 11.5 Å². The molecule has 2 rings (SSSR count). The van der Waals surface area contributed by atoms with Crippen LogP contribution in [0.2, 0.25) is 0 Å². The van der Waals surface area contributed by atoms with E-state index in [1.165, 1.54) is 12.2 Å². The molecule has 0 aliphatic carbocycles. The van der Waals surface area contributed by atoms with Crippen LogP contribution in [0, 0.1) is 0 Å². The summed E-state index contributed by atoms with van der Waals surface area (Å²) in [4.78, 5) is 21.4. The van der Waals surface area contributed by atoms with Gasteiger partial charge in [-0.2, -0.15) is 0 Å². The van der Waals surface area contributed by atoms with Crippen LogP contribution in [0.3, 0.4) is 0 Å². The van der Waals surface area contributed by atoms with Gasteiger partial charge in [-0.3, -0.25) is 0 Å². The zero-order chi connectivity index (χ0) is 24.1. The lowest BCUT2D eigenvalue weighted by Gasteiger charge is -2.12. The van der Waals surface area contributed by atoms with Gasteiger partial charge < -0.3 is 29.5 Å². The first kappa shape index (κ1) is 25.5. The minimum atomic E-state index is -1.04. The van der Waals surface area contributed by atoms with E-state index in [1.807, 2.05) is 0 Å².